The molecule has 0 unspecified atom stereocenters. The van der Waals surface area contributed by atoms with Crippen molar-refractivity contribution in [1.29, 1.82) is 0 Å². The van der Waals surface area contributed by atoms with Crippen LogP contribution in [0.1, 0.15) is 17.7 Å². The van der Waals surface area contributed by atoms with E-state index < -0.39 is 0 Å². The second-order valence-electron chi connectivity index (χ2n) is 5.36. The largest absolute Gasteiger partial charge is 0.472 e. The van der Waals surface area contributed by atoms with Crippen molar-refractivity contribution in [3.8, 4) is 5.88 Å². The number of aromatic nitrogens is 2. The third kappa shape index (κ3) is 3.23. The molecule has 0 amide bonds. The van der Waals surface area contributed by atoms with E-state index in [1.165, 1.54) is 0 Å². The molecule has 0 spiro atoms. The second kappa shape index (κ2) is 6.62. The van der Waals surface area contributed by atoms with Gasteiger partial charge in [0.25, 0.3) is 0 Å². The molecule has 2 aromatic heterocycles. The third-order valence-corrected chi connectivity index (χ3v) is 4.23. The zero-order chi connectivity index (χ0) is 15.5. The van der Waals surface area contributed by atoms with E-state index in [9.17, 15) is 5.11 Å². The standard InChI is InChI=1S/C16H18BrN3O2/c1-11-3-2-7-18-16(11)22-12-6-8-20(9-12)14-4-5-15(17)19-13(14)10-21/h2-5,7,12,21H,6,8-10H2,1H3/t12-/m0/s1. The van der Waals surface area contributed by atoms with Crippen LogP contribution in [0.4, 0.5) is 5.69 Å². The molecule has 0 aliphatic carbocycles. The predicted octanol–water partition coefficient (Wildman–Crippen LogP) is 2.70. The Balaban J connectivity index is 1.71. The van der Waals surface area contributed by atoms with Crippen LogP contribution in [0.2, 0.25) is 0 Å². The highest BCUT2D eigenvalue weighted by atomic mass is 79.9. The van der Waals surface area contributed by atoms with Crippen molar-refractivity contribution in [2.75, 3.05) is 18.0 Å². The molecule has 1 atom stereocenters. The first kappa shape index (κ1) is 15.2. The molecule has 22 heavy (non-hydrogen) atoms. The number of ether oxygens (including phenoxy) is 1. The van der Waals surface area contributed by atoms with Crippen LogP contribution in [0.3, 0.4) is 0 Å². The molecular weight excluding hydrogens is 346 g/mol. The van der Waals surface area contributed by atoms with Crippen LogP contribution in [0, 0.1) is 6.92 Å². The van der Waals surface area contributed by atoms with E-state index in [4.69, 9.17) is 4.74 Å². The lowest BCUT2D eigenvalue weighted by molar-refractivity contribution is 0.214. The number of anilines is 1. The summed E-state index contributed by atoms with van der Waals surface area (Å²) in [4.78, 5) is 10.8. The van der Waals surface area contributed by atoms with Gasteiger partial charge in [0.2, 0.25) is 5.88 Å². The molecule has 0 radical (unpaired) electrons. The fraction of sp³-hybridized carbons (Fsp3) is 0.375. The van der Waals surface area contributed by atoms with Crippen molar-refractivity contribution in [3.63, 3.8) is 0 Å². The average Bonchev–Trinajstić information content (AvgIpc) is 2.98. The summed E-state index contributed by atoms with van der Waals surface area (Å²) in [6.45, 7) is 3.58. The number of aryl methyl sites for hydroxylation is 1. The zero-order valence-electron chi connectivity index (χ0n) is 12.4. The van der Waals surface area contributed by atoms with Gasteiger partial charge in [-0.1, -0.05) is 6.07 Å². The smallest absolute Gasteiger partial charge is 0.216 e. The molecule has 3 rings (SSSR count). The molecule has 0 aromatic carbocycles. The minimum absolute atomic E-state index is 0.0733. The van der Waals surface area contributed by atoms with Crippen molar-refractivity contribution in [3.05, 3.63) is 46.3 Å². The Morgan fingerprint density at radius 2 is 2.27 bits per heavy atom. The highest BCUT2D eigenvalue weighted by Gasteiger charge is 2.26. The lowest BCUT2D eigenvalue weighted by atomic mass is 10.3. The van der Waals surface area contributed by atoms with Crippen LogP contribution < -0.4 is 9.64 Å². The fourth-order valence-electron chi connectivity index (χ4n) is 2.67. The summed E-state index contributed by atoms with van der Waals surface area (Å²) in [7, 11) is 0. The van der Waals surface area contributed by atoms with E-state index in [0.717, 1.165) is 35.4 Å². The van der Waals surface area contributed by atoms with Crippen LogP contribution >= 0.6 is 15.9 Å². The Bertz CT molecular complexity index is 666. The number of halogens is 1. The molecule has 1 aliphatic heterocycles. The van der Waals surface area contributed by atoms with Gasteiger partial charge in [-0.2, -0.15) is 0 Å². The van der Waals surface area contributed by atoms with Gasteiger partial charge in [0.15, 0.2) is 0 Å². The van der Waals surface area contributed by atoms with Crippen LogP contribution in [0.25, 0.3) is 0 Å². The summed E-state index contributed by atoms with van der Waals surface area (Å²) >= 11 is 3.34. The first-order chi connectivity index (χ1) is 10.7. The molecule has 116 valence electrons. The van der Waals surface area contributed by atoms with Crippen molar-refractivity contribution in [1.82, 2.24) is 9.97 Å². The normalized spacial score (nSPS) is 17.8. The topological polar surface area (TPSA) is 58.5 Å². The van der Waals surface area contributed by atoms with Crippen molar-refractivity contribution < 1.29 is 9.84 Å². The van der Waals surface area contributed by atoms with E-state index in [0.29, 0.717) is 11.6 Å². The number of pyridine rings is 2. The van der Waals surface area contributed by atoms with Gasteiger partial charge in [-0.3, -0.25) is 0 Å². The maximum absolute atomic E-state index is 9.49. The Morgan fingerprint density at radius 1 is 1.41 bits per heavy atom. The first-order valence-corrected chi connectivity index (χ1v) is 8.06. The quantitative estimate of drug-likeness (QED) is 0.846. The Morgan fingerprint density at radius 3 is 3.05 bits per heavy atom. The third-order valence-electron chi connectivity index (χ3n) is 3.79. The van der Waals surface area contributed by atoms with E-state index in [-0.39, 0.29) is 12.7 Å². The molecule has 1 fully saturated rings. The van der Waals surface area contributed by atoms with Gasteiger partial charge in [0, 0.05) is 24.7 Å². The maximum Gasteiger partial charge on any atom is 0.216 e. The van der Waals surface area contributed by atoms with E-state index in [2.05, 4.69) is 30.8 Å². The summed E-state index contributed by atoms with van der Waals surface area (Å²) in [5.41, 5.74) is 2.70. The average molecular weight is 364 g/mol. The summed E-state index contributed by atoms with van der Waals surface area (Å²) < 4.78 is 6.74. The maximum atomic E-state index is 9.49. The highest BCUT2D eigenvalue weighted by molar-refractivity contribution is 9.10. The van der Waals surface area contributed by atoms with Gasteiger partial charge >= 0.3 is 0 Å². The lowest BCUT2D eigenvalue weighted by Crippen LogP contribution is -2.26. The van der Waals surface area contributed by atoms with E-state index in [1.54, 1.807) is 6.20 Å². The van der Waals surface area contributed by atoms with Crippen LogP contribution in [0.15, 0.2) is 35.1 Å². The summed E-state index contributed by atoms with van der Waals surface area (Å²) in [5.74, 6) is 0.700. The Hall–Kier alpha value is -1.66. The molecule has 1 N–H and O–H groups in total. The molecule has 3 heterocycles. The minimum Gasteiger partial charge on any atom is -0.472 e. The summed E-state index contributed by atoms with van der Waals surface area (Å²) in [6, 6.07) is 7.78. The van der Waals surface area contributed by atoms with Crippen molar-refractivity contribution >= 4 is 21.6 Å². The summed E-state index contributed by atoms with van der Waals surface area (Å²) in [5, 5.41) is 9.49. The van der Waals surface area contributed by atoms with Gasteiger partial charge in [-0.15, -0.1) is 0 Å². The van der Waals surface area contributed by atoms with E-state index >= 15 is 0 Å². The van der Waals surface area contributed by atoms with Gasteiger partial charge in [-0.25, -0.2) is 9.97 Å². The highest BCUT2D eigenvalue weighted by Crippen LogP contribution is 2.27. The van der Waals surface area contributed by atoms with Crippen molar-refractivity contribution in [2.24, 2.45) is 0 Å². The van der Waals surface area contributed by atoms with Crippen molar-refractivity contribution in [2.45, 2.75) is 26.1 Å². The minimum atomic E-state index is -0.0733. The van der Waals surface area contributed by atoms with Gasteiger partial charge in [-0.05, 0) is 41.1 Å². The molecule has 6 heteroatoms. The number of aliphatic hydroxyl groups excluding tert-OH is 1. The number of aliphatic hydroxyl groups is 1. The van der Waals surface area contributed by atoms with Crippen LogP contribution in [-0.2, 0) is 6.61 Å². The molecular formula is C16H18BrN3O2. The molecule has 0 bridgehead atoms. The predicted molar refractivity (Wildman–Crippen MR) is 88.1 cm³/mol. The van der Waals surface area contributed by atoms with Crippen LogP contribution in [0.5, 0.6) is 5.88 Å². The fourth-order valence-corrected chi connectivity index (χ4v) is 3.01. The SMILES string of the molecule is Cc1cccnc1O[C@H]1CCN(c2ccc(Br)nc2CO)C1. The lowest BCUT2D eigenvalue weighted by Gasteiger charge is -2.21. The van der Waals surface area contributed by atoms with Gasteiger partial charge < -0.3 is 14.7 Å². The molecule has 5 nitrogen and oxygen atoms in total. The first-order valence-electron chi connectivity index (χ1n) is 7.27. The molecule has 1 saturated heterocycles. The number of hydrogen-bond donors (Lipinski definition) is 1. The van der Waals surface area contributed by atoms with Gasteiger partial charge in [0.05, 0.1) is 24.5 Å². The number of nitrogens with zero attached hydrogens (tertiary/aromatic N) is 3. The molecule has 2 aromatic rings. The number of hydrogen-bond acceptors (Lipinski definition) is 5. The summed E-state index contributed by atoms with van der Waals surface area (Å²) in [6.07, 6.45) is 2.78. The molecule has 0 saturated carbocycles. The Kier molecular flexibility index (Phi) is 4.59. The zero-order valence-corrected chi connectivity index (χ0v) is 14.0. The Labute approximate surface area is 138 Å². The second-order valence-corrected chi connectivity index (χ2v) is 6.17. The monoisotopic (exact) mass is 363 g/mol. The van der Waals surface area contributed by atoms with E-state index in [1.807, 2.05) is 31.2 Å². The van der Waals surface area contributed by atoms with Crippen LogP contribution in [-0.4, -0.2) is 34.3 Å². The number of rotatable bonds is 4. The van der Waals surface area contributed by atoms with Gasteiger partial charge in [0.1, 0.15) is 10.7 Å². The molecule has 1 aliphatic rings.